The Kier molecular flexibility index (Phi) is 10.0. The van der Waals surface area contributed by atoms with Gasteiger partial charge in [-0.2, -0.15) is 0 Å². The van der Waals surface area contributed by atoms with E-state index in [2.05, 4.69) is 47.6 Å². The predicted octanol–water partition coefficient (Wildman–Crippen LogP) is 4.46. The molecule has 0 bridgehead atoms. The van der Waals surface area contributed by atoms with Gasteiger partial charge in [0.25, 0.3) is 0 Å². The van der Waals surface area contributed by atoms with Crippen LogP contribution in [-0.4, -0.2) is 61.6 Å². The van der Waals surface area contributed by atoms with Crippen LogP contribution in [0, 0.1) is 12.8 Å². The first-order valence-corrected chi connectivity index (χ1v) is 14.6. The molecule has 0 radical (unpaired) electrons. The molecule has 1 aliphatic heterocycles. The van der Waals surface area contributed by atoms with Gasteiger partial charge in [-0.1, -0.05) is 18.2 Å². The Balaban J connectivity index is 1.27. The SMILES string of the molecule is Cc1cc(N(C)C(=O)C2CCC(Oc3cccc(CC(=O)NC(C)C)c3)CC2)ccc1CN1CCN[C@@H](C)C1. The molecule has 1 atom stereocenters. The van der Waals surface area contributed by atoms with E-state index in [-0.39, 0.29) is 29.9 Å². The van der Waals surface area contributed by atoms with Crippen LogP contribution in [0.4, 0.5) is 5.69 Å². The lowest BCUT2D eigenvalue weighted by Crippen LogP contribution is -2.48. The summed E-state index contributed by atoms with van der Waals surface area (Å²) < 4.78 is 6.27. The van der Waals surface area contributed by atoms with Crippen molar-refractivity contribution >= 4 is 17.5 Å². The van der Waals surface area contributed by atoms with Crippen molar-refractivity contribution in [2.75, 3.05) is 31.6 Å². The second-order valence-corrected chi connectivity index (χ2v) is 11.7. The predicted molar refractivity (Wildman–Crippen MR) is 157 cm³/mol. The maximum absolute atomic E-state index is 13.4. The van der Waals surface area contributed by atoms with E-state index in [0.717, 1.165) is 68.9 Å². The molecular formula is C32H46N4O3. The van der Waals surface area contributed by atoms with Crippen molar-refractivity contribution < 1.29 is 14.3 Å². The second-order valence-electron chi connectivity index (χ2n) is 11.7. The number of anilines is 1. The van der Waals surface area contributed by atoms with Crippen molar-refractivity contribution in [2.45, 2.75) is 84.5 Å². The van der Waals surface area contributed by atoms with Gasteiger partial charge in [0.05, 0.1) is 12.5 Å². The van der Waals surface area contributed by atoms with Gasteiger partial charge in [0.1, 0.15) is 5.75 Å². The first kappa shape index (κ1) is 29.1. The molecule has 2 aromatic carbocycles. The van der Waals surface area contributed by atoms with Crippen molar-refractivity contribution in [3.63, 3.8) is 0 Å². The van der Waals surface area contributed by atoms with Crippen molar-refractivity contribution in [1.29, 1.82) is 0 Å². The van der Waals surface area contributed by atoms with Crippen LogP contribution in [0.2, 0.25) is 0 Å². The summed E-state index contributed by atoms with van der Waals surface area (Å²) in [6.07, 6.45) is 3.78. The summed E-state index contributed by atoms with van der Waals surface area (Å²) in [5.74, 6) is 1.02. The number of carbonyl (C=O) groups excluding carboxylic acids is 2. The standard InChI is InChI=1S/C32H46N4O3/c1-22(2)34-31(37)19-25-7-6-8-30(18-25)39-29-13-10-26(11-14-29)32(38)35(5)28-12-9-27(23(3)17-28)21-36-16-15-33-24(4)20-36/h6-9,12,17-18,22,24,26,29,33H,10-11,13-16,19-21H2,1-5H3,(H,34,37)/t24-,26?,29?/m0/s1. The number of nitrogens with zero attached hydrogens (tertiary/aromatic N) is 2. The third-order valence-electron chi connectivity index (χ3n) is 7.93. The number of hydrogen-bond donors (Lipinski definition) is 2. The van der Waals surface area contributed by atoms with E-state index in [1.807, 2.05) is 50.1 Å². The normalized spacial score (nSPS) is 21.9. The molecule has 1 heterocycles. The average molecular weight is 535 g/mol. The fourth-order valence-corrected chi connectivity index (χ4v) is 5.77. The first-order chi connectivity index (χ1) is 18.7. The third kappa shape index (κ3) is 8.29. The molecule has 1 saturated carbocycles. The molecule has 2 aromatic rings. The zero-order chi connectivity index (χ0) is 27.9. The molecule has 2 fully saturated rings. The third-order valence-corrected chi connectivity index (χ3v) is 7.93. The van der Waals surface area contributed by atoms with E-state index in [1.165, 1.54) is 11.1 Å². The quantitative estimate of drug-likeness (QED) is 0.497. The zero-order valence-corrected chi connectivity index (χ0v) is 24.3. The fourth-order valence-electron chi connectivity index (χ4n) is 5.77. The van der Waals surface area contributed by atoms with E-state index in [4.69, 9.17) is 4.74 Å². The molecule has 212 valence electrons. The Morgan fingerprint density at radius 1 is 1.13 bits per heavy atom. The largest absolute Gasteiger partial charge is 0.490 e. The van der Waals surface area contributed by atoms with Gasteiger partial charge in [-0.15, -0.1) is 0 Å². The van der Waals surface area contributed by atoms with Gasteiger partial charge in [0.15, 0.2) is 0 Å². The van der Waals surface area contributed by atoms with Crippen molar-refractivity contribution in [1.82, 2.24) is 15.5 Å². The molecule has 1 aliphatic carbocycles. The summed E-state index contributed by atoms with van der Waals surface area (Å²) in [5.41, 5.74) is 4.47. The number of carbonyl (C=O) groups is 2. The van der Waals surface area contributed by atoms with E-state index < -0.39 is 0 Å². The van der Waals surface area contributed by atoms with Crippen LogP contribution < -0.4 is 20.3 Å². The van der Waals surface area contributed by atoms with Crippen LogP contribution in [0.5, 0.6) is 5.75 Å². The fraction of sp³-hybridized carbons (Fsp3) is 0.562. The van der Waals surface area contributed by atoms with Crippen LogP contribution in [0.25, 0.3) is 0 Å². The number of hydrogen-bond acceptors (Lipinski definition) is 5. The van der Waals surface area contributed by atoms with Gasteiger partial charge < -0.3 is 20.3 Å². The smallest absolute Gasteiger partial charge is 0.229 e. The molecule has 0 unspecified atom stereocenters. The Labute approximate surface area is 234 Å². The lowest BCUT2D eigenvalue weighted by atomic mass is 9.86. The second kappa shape index (κ2) is 13.4. The molecule has 4 rings (SSSR count). The van der Waals surface area contributed by atoms with Crippen molar-refractivity contribution in [2.24, 2.45) is 5.92 Å². The van der Waals surface area contributed by atoms with E-state index >= 15 is 0 Å². The highest BCUT2D eigenvalue weighted by Crippen LogP contribution is 2.31. The molecule has 7 nitrogen and oxygen atoms in total. The number of amides is 2. The van der Waals surface area contributed by atoms with Gasteiger partial charge in [0.2, 0.25) is 11.8 Å². The highest BCUT2D eigenvalue weighted by molar-refractivity contribution is 5.94. The van der Waals surface area contributed by atoms with Crippen molar-refractivity contribution in [3.8, 4) is 5.75 Å². The minimum absolute atomic E-state index is 0.0169. The molecular weight excluding hydrogens is 488 g/mol. The van der Waals surface area contributed by atoms with Gasteiger partial charge in [-0.3, -0.25) is 14.5 Å². The maximum atomic E-state index is 13.4. The van der Waals surface area contributed by atoms with Gasteiger partial charge in [0, 0.05) is 56.9 Å². The van der Waals surface area contributed by atoms with Crippen LogP contribution in [0.3, 0.4) is 0 Å². The van der Waals surface area contributed by atoms with Crippen LogP contribution >= 0.6 is 0 Å². The molecule has 39 heavy (non-hydrogen) atoms. The topological polar surface area (TPSA) is 73.9 Å². The Morgan fingerprint density at radius 3 is 2.59 bits per heavy atom. The summed E-state index contributed by atoms with van der Waals surface area (Å²) in [5, 5.41) is 6.43. The number of benzene rings is 2. The highest BCUT2D eigenvalue weighted by atomic mass is 16.5. The van der Waals surface area contributed by atoms with Gasteiger partial charge >= 0.3 is 0 Å². The molecule has 1 saturated heterocycles. The van der Waals surface area contributed by atoms with Crippen LogP contribution in [0.15, 0.2) is 42.5 Å². The van der Waals surface area contributed by atoms with Gasteiger partial charge in [-0.05, 0) is 94.3 Å². The average Bonchev–Trinajstić information content (AvgIpc) is 2.89. The van der Waals surface area contributed by atoms with Gasteiger partial charge in [-0.25, -0.2) is 0 Å². The van der Waals surface area contributed by atoms with E-state index in [1.54, 1.807) is 0 Å². The number of piperazine rings is 1. The number of ether oxygens (including phenoxy) is 1. The highest BCUT2D eigenvalue weighted by Gasteiger charge is 2.30. The van der Waals surface area contributed by atoms with Crippen LogP contribution in [-0.2, 0) is 22.6 Å². The Hall–Kier alpha value is -2.90. The monoisotopic (exact) mass is 534 g/mol. The summed E-state index contributed by atoms with van der Waals surface area (Å²) in [4.78, 5) is 29.8. The zero-order valence-electron chi connectivity index (χ0n) is 24.3. The lowest BCUT2D eigenvalue weighted by Gasteiger charge is -2.32. The summed E-state index contributed by atoms with van der Waals surface area (Å²) in [6, 6.07) is 14.9. The van der Waals surface area contributed by atoms with E-state index in [0.29, 0.717) is 12.5 Å². The Bertz CT molecular complexity index is 1130. The molecule has 2 amide bonds. The number of nitrogens with one attached hydrogen (secondary N) is 2. The lowest BCUT2D eigenvalue weighted by molar-refractivity contribution is -0.123. The maximum Gasteiger partial charge on any atom is 0.229 e. The molecule has 0 aromatic heterocycles. The molecule has 0 spiro atoms. The van der Waals surface area contributed by atoms with Crippen LogP contribution in [0.1, 0.15) is 63.1 Å². The Morgan fingerprint density at radius 2 is 1.90 bits per heavy atom. The molecule has 2 aliphatic rings. The number of aryl methyl sites for hydroxylation is 1. The molecule has 7 heteroatoms. The minimum atomic E-state index is 0.0169. The summed E-state index contributed by atoms with van der Waals surface area (Å²) >= 11 is 0. The molecule has 2 N–H and O–H groups in total. The van der Waals surface area contributed by atoms with E-state index in [9.17, 15) is 9.59 Å². The number of rotatable bonds is 9. The first-order valence-electron chi connectivity index (χ1n) is 14.6. The summed E-state index contributed by atoms with van der Waals surface area (Å²) in [6.45, 7) is 12.4. The van der Waals surface area contributed by atoms with Crippen molar-refractivity contribution in [3.05, 3.63) is 59.2 Å². The summed E-state index contributed by atoms with van der Waals surface area (Å²) in [7, 11) is 1.90. The minimum Gasteiger partial charge on any atom is -0.490 e.